The van der Waals surface area contributed by atoms with Crippen molar-refractivity contribution in [3.63, 3.8) is 0 Å². The Morgan fingerprint density at radius 1 is 0.655 bits per heavy atom. The van der Waals surface area contributed by atoms with Crippen molar-refractivity contribution in [2.24, 2.45) is 0 Å². The van der Waals surface area contributed by atoms with E-state index in [1.807, 2.05) is 60.7 Å². The summed E-state index contributed by atoms with van der Waals surface area (Å²) in [5.74, 6) is 0. The summed E-state index contributed by atoms with van der Waals surface area (Å²) in [4.78, 5) is 0. The van der Waals surface area contributed by atoms with Crippen molar-refractivity contribution >= 4 is 25.5 Å². The summed E-state index contributed by atoms with van der Waals surface area (Å²) >= 11 is 0. The fourth-order valence-corrected chi connectivity index (χ4v) is 6.07. The first-order valence-electron chi connectivity index (χ1n) is 9.44. The molecule has 0 fully saturated rings. The average Bonchev–Trinajstić information content (AvgIpc) is 3.50. The van der Waals surface area contributed by atoms with E-state index >= 15 is 0 Å². The Labute approximate surface area is 199 Å². The smallest absolute Gasteiger partial charge is 0.298 e. The molecular weight excluding hydrogens is 456 g/mol. The summed E-state index contributed by atoms with van der Waals surface area (Å²) in [5, 5.41) is 2.54. The van der Waals surface area contributed by atoms with Crippen molar-refractivity contribution in [1.82, 2.24) is 4.67 Å². The molecule has 0 aromatic heterocycles. The van der Waals surface area contributed by atoms with Crippen molar-refractivity contribution in [1.29, 1.82) is 0 Å². The Morgan fingerprint density at radius 3 is 1.17 bits per heavy atom. The largest absolute Gasteiger partial charge is 2.00 e. The van der Waals surface area contributed by atoms with Crippen molar-refractivity contribution in [2.75, 3.05) is 13.1 Å². The molecule has 4 aromatic rings. The summed E-state index contributed by atoms with van der Waals surface area (Å²) in [7, 11) is 4.98. The molecule has 1 nitrogen and oxygen atoms in total. The van der Waals surface area contributed by atoms with Gasteiger partial charge in [-0.15, -0.1) is 24.3 Å². The molecule has 0 heterocycles. The quantitative estimate of drug-likeness (QED) is 0.213. The van der Waals surface area contributed by atoms with E-state index in [0.29, 0.717) is 0 Å². The summed E-state index contributed by atoms with van der Waals surface area (Å²) in [6.07, 6.45) is 0. The molecule has 5 heteroatoms. The number of hydrogen-bond donors (Lipinski definition) is 0. The molecular formula is C24H28BFe2NP. The zero-order valence-corrected chi connectivity index (χ0v) is 20.1. The summed E-state index contributed by atoms with van der Waals surface area (Å²) in [6.45, 7) is 6.32. The molecule has 4 aromatic carbocycles. The molecule has 3 radical (unpaired) electrons. The molecule has 0 amide bonds. The van der Waals surface area contributed by atoms with E-state index in [1.54, 1.807) is 0 Å². The molecule has 29 heavy (non-hydrogen) atoms. The summed E-state index contributed by atoms with van der Waals surface area (Å²) in [5.41, 5.74) is 0. The molecule has 0 atom stereocenters. The zero-order valence-electron chi connectivity index (χ0n) is 17.0. The van der Waals surface area contributed by atoms with E-state index in [1.165, 1.54) is 10.6 Å². The van der Waals surface area contributed by atoms with Gasteiger partial charge in [0.15, 0.2) is 0 Å². The number of rotatable bonds is 5. The SMILES string of the molecule is [B-][P+]([c-]1cccc1)([c-]1cccc1)N(CC)CC.[Fe+2].[Fe+2].c1cc[cH-]c1.c1cc[cH-]c1. The van der Waals surface area contributed by atoms with E-state index in [2.05, 4.69) is 67.0 Å². The van der Waals surface area contributed by atoms with Gasteiger partial charge in [0.25, 0.3) is 0 Å². The minimum Gasteiger partial charge on any atom is -0.298 e. The zero-order chi connectivity index (χ0) is 19.4. The molecule has 0 aliphatic carbocycles. The molecule has 0 saturated heterocycles. The topological polar surface area (TPSA) is 3.24 Å². The standard InChI is InChI=1S/C14H18BNP.2C5H5.2Fe/c1-3-16(4-2)17(15,13-9-5-6-10-13)14-11-7-8-12-14;2*1-2-4-5-3-1;;/h5-12H,3-4H2,1-2H3;2*1-5H;;/q-2;2*-1;2*+2. The number of hydrogen-bond acceptors (Lipinski definition) is 1. The van der Waals surface area contributed by atoms with Crippen LogP contribution in [0, 0.1) is 0 Å². The molecule has 4 rings (SSSR count). The second-order valence-electron chi connectivity index (χ2n) is 6.04. The molecule has 0 aliphatic rings. The van der Waals surface area contributed by atoms with Crippen LogP contribution in [0.5, 0.6) is 0 Å². The van der Waals surface area contributed by atoms with Gasteiger partial charge in [-0.3, -0.25) is 7.57 Å². The third-order valence-electron chi connectivity index (χ3n) is 4.36. The van der Waals surface area contributed by atoms with Crippen LogP contribution in [0.25, 0.3) is 0 Å². The van der Waals surface area contributed by atoms with Crippen molar-refractivity contribution in [3.8, 4) is 0 Å². The average molecular weight is 484 g/mol. The maximum atomic E-state index is 6.83. The second-order valence-corrected chi connectivity index (χ2v) is 9.00. The fraction of sp³-hybridized carbons (Fsp3) is 0.167. The Kier molecular flexibility index (Phi) is 15.1. The predicted octanol–water partition coefficient (Wildman–Crippen LogP) is 5.24. The molecule has 0 spiro atoms. The van der Waals surface area contributed by atoms with Crippen LogP contribution in [0.4, 0.5) is 0 Å². The molecule has 0 saturated carbocycles. The maximum absolute atomic E-state index is 6.83. The first-order chi connectivity index (χ1) is 13.2. The van der Waals surface area contributed by atoms with Gasteiger partial charge in [0, 0.05) is 13.1 Å². The van der Waals surface area contributed by atoms with E-state index < -0.39 is 7.29 Å². The van der Waals surface area contributed by atoms with Gasteiger partial charge in [-0.2, -0.15) is 36.4 Å². The van der Waals surface area contributed by atoms with Crippen LogP contribution in [0.2, 0.25) is 0 Å². The Hall–Kier alpha value is -1.11. The van der Waals surface area contributed by atoms with Crippen LogP contribution in [0.1, 0.15) is 13.8 Å². The van der Waals surface area contributed by atoms with Crippen molar-refractivity contribution in [2.45, 2.75) is 13.8 Å². The van der Waals surface area contributed by atoms with Gasteiger partial charge in [0.2, 0.25) is 0 Å². The monoisotopic (exact) mass is 484 g/mol. The third-order valence-corrected chi connectivity index (χ3v) is 7.99. The van der Waals surface area contributed by atoms with Gasteiger partial charge in [0.05, 0.1) is 0 Å². The van der Waals surface area contributed by atoms with Crippen LogP contribution in [-0.2, 0) is 34.1 Å². The van der Waals surface area contributed by atoms with E-state index in [4.69, 9.17) is 7.57 Å². The summed E-state index contributed by atoms with van der Waals surface area (Å²) in [6, 6.07) is 36.9. The maximum Gasteiger partial charge on any atom is 2.00 e. The minimum absolute atomic E-state index is 0. The van der Waals surface area contributed by atoms with Gasteiger partial charge in [-0.05, 0) is 13.8 Å². The van der Waals surface area contributed by atoms with Gasteiger partial charge >= 0.3 is 34.1 Å². The second kappa shape index (κ2) is 15.7. The Balaban J connectivity index is 0.000000537. The fourth-order valence-electron chi connectivity index (χ4n) is 2.97. The minimum atomic E-state index is -1.86. The Bertz CT molecular complexity index is 679. The Morgan fingerprint density at radius 2 is 0.966 bits per heavy atom. The van der Waals surface area contributed by atoms with Crippen LogP contribution >= 0.6 is 7.29 Å². The van der Waals surface area contributed by atoms with Crippen LogP contribution in [0.15, 0.2) is 109 Å². The van der Waals surface area contributed by atoms with Gasteiger partial charge < -0.3 is 0 Å². The van der Waals surface area contributed by atoms with E-state index in [0.717, 1.165) is 13.1 Å². The third kappa shape index (κ3) is 8.27. The van der Waals surface area contributed by atoms with E-state index in [-0.39, 0.29) is 34.1 Å². The van der Waals surface area contributed by atoms with Crippen LogP contribution < -0.4 is 10.6 Å². The molecule has 0 unspecified atom stereocenters. The van der Waals surface area contributed by atoms with E-state index in [9.17, 15) is 0 Å². The van der Waals surface area contributed by atoms with Crippen LogP contribution in [-0.4, -0.2) is 25.3 Å². The molecule has 153 valence electrons. The van der Waals surface area contributed by atoms with Crippen LogP contribution in [0.3, 0.4) is 0 Å². The van der Waals surface area contributed by atoms with Gasteiger partial charge in [-0.25, -0.2) is 60.5 Å². The molecule has 0 bridgehead atoms. The van der Waals surface area contributed by atoms with Crippen molar-refractivity contribution < 1.29 is 34.1 Å². The van der Waals surface area contributed by atoms with Gasteiger partial charge in [-0.1, -0.05) is 10.6 Å². The van der Waals surface area contributed by atoms with Gasteiger partial charge in [0.1, 0.15) is 0 Å². The number of nitrogens with zero attached hydrogens (tertiary/aromatic N) is 1. The first-order valence-corrected chi connectivity index (χ1v) is 11.3. The molecule has 0 N–H and O–H groups in total. The first kappa shape index (κ1) is 27.9. The predicted molar refractivity (Wildman–Crippen MR) is 123 cm³/mol. The summed E-state index contributed by atoms with van der Waals surface area (Å²) < 4.78 is 2.40. The normalized spacial score (nSPS) is 9.93. The van der Waals surface area contributed by atoms with Crippen molar-refractivity contribution in [3.05, 3.63) is 109 Å². The molecule has 0 aliphatic heterocycles.